The Morgan fingerprint density at radius 1 is 1.00 bits per heavy atom. The van der Waals surface area contributed by atoms with Gasteiger partial charge < -0.3 is 43.8 Å². The zero-order chi connectivity index (χ0) is 23.7. The lowest BCUT2D eigenvalue weighted by atomic mass is 9.99. The summed E-state index contributed by atoms with van der Waals surface area (Å²) in [7, 11) is 2.86. The molecule has 1 saturated heterocycles. The van der Waals surface area contributed by atoms with E-state index in [1.165, 1.54) is 25.3 Å². The Kier molecular flexibility index (Phi) is 6.54. The molecule has 1 aromatic heterocycles. The van der Waals surface area contributed by atoms with Crippen molar-refractivity contribution in [3.05, 3.63) is 52.7 Å². The summed E-state index contributed by atoms with van der Waals surface area (Å²) in [6, 6.07) is 10.7. The van der Waals surface area contributed by atoms with Crippen molar-refractivity contribution in [3.8, 4) is 28.6 Å². The Morgan fingerprint density at radius 3 is 2.36 bits per heavy atom. The minimum Gasteiger partial charge on any atom is -0.507 e. The van der Waals surface area contributed by atoms with Crippen LogP contribution in [0.25, 0.3) is 22.3 Å². The van der Waals surface area contributed by atoms with Crippen molar-refractivity contribution in [2.24, 2.45) is 0 Å². The van der Waals surface area contributed by atoms with Gasteiger partial charge in [-0.05, 0) is 24.3 Å². The number of ether oxygens (including phenoxy) is 4. The quantitative estimate of drug-likeness (QED) is 0.420. The number of methoxy groups -OCH3 is 2. The third kappa shape index (κ3) is 4.39. The number of rotatable bonds is 6. The standard InChI is InChI=1S/C23H24O10/c1-29-12-5-3-11(4-6-12)16-9-15(26)19-14(25)7-13(8-17(19)32-16)31-23-21(28)20(27)22(30-2)18(10-24)33-23/h3-9,18,20-25,27-28H,10H2,1-2H3/t18-,20-,21-,22-,23-/m1/s1. The summed E-state index contributed by atoms with van der Waals surface area (Å²) < 4.78 is 27.2. The number of hydrogen-bond donors (Lipinski definition) is 4. The summed E-state index contributed by atoms with van der Waals surface area (Å²) >= 11 is 0. The molecule has 1 fully saturated rings. The van der Waals surface area contributed by atoms with Crippen LogP contribution in [-0.4, -0.2) is 72.0 Å². The molecule has 33 heavy (non-hydrogen) atoms. The van der Waals surface area contributed by atoms with Gasteiger partial charge in [-0.3, -0.25) is 4.79 Å². The number of benzene rings is 2. The molecule has 2 aromatic carbocycles. The second kappa shape index (κ2) is 9.38. The zero-order valence-corrected chi connectivity index (χ0v) is 17.9. The highest BCUT2D eigenvalue weighted by Crippen LogP contribution is 2.33. The SMILES string of the molecule is COc1ccc(-c2cc(=O)c3c(O)cc(O[C@@H]4O[C@H](CO)[C@@H](OC)[C@H](O)[C@H]4O)cc3o2)cc1. The topological polar surface area (TPSA) is 148 Å². The van der Waals surface area contributed by atoms with Gasteiger partial charge in [-0.25, -0.2) is 0 Å². The van der Waals surface area contributed by atoms with E-state index in [-0.39, 0.29) is 22.5 Å². The molecule has 2 heterocycles. The average Bonchev–Trinajstić information content (AvgIpc) is 2.81. The van der Waals surface area contributed by atoms with E-state index >= 15 is 0 Å². The van der Waals surface area contributed by atoms with Crippen molar-refractivity contribution in [1.82, 2.24) is 0 Å². The van der Waals surface area contributed by atoms with Crippen LogP contribution in [0.3, 0.4) is 0 Å². The van der Waals surface area contributed by atoms with E-state index in [0.717, 1.165) is 0 Å². The summed E-state index contributed by atoms with van der Waals surface area (Å²) in [4.78, 5) is 12.6. The van der Waals surface area contributed by atoms with Crippen molar-refractivity contribution in [2.45, 2.75) is 30.7 Å². The number of hydrogen-bond acceptors (Lipinski definition) is 10. The van der Waals surface area contributed by atoms with Crippen LogP contribution in [0.4, 0.5) is 0 Å². The van der Waals surface area contributed by atoms with Gasteiger partial charge in [0.15, 0.2) is 5.43 Å². The van der Waals surface area contributed by atoms with Crippen LogP contribution in [0.15, 0.2) is 51.7 Å². The Balaban J connectivity index is 1.68. The van der Waals surface area contributed by atoms with Gasteiger partial charge in [0.2, 0.25) is 6.29 Å². The predicted octanol–water partition coefficient (Wildman–Crippen LogP) is 1.01. The number of phenolic OH excluding ortho intramolecular Hbond substituents is 1. The Labute approximate surface area is 188 Å². The molecule has 0 saturated carbocycles. The smallest absolute Gasteiger partial charge is 0.229 e. The molecule has 0 amide bonds. The van der Waals surface area contributed by atoms with Crippen LogP contribution in [0.2, 0.25) is 0 Å². The van der Waals surface area contributed by atoms with E-state index in [9.17, 15) is 25.2 Å². The first-order valence-electron chi connectivity index (χ1n) is 10.1. The van der Waals surface area contributed by atoms with Gasteiger partial charge in [-0.15, -0.1) is 0 Å². The highest BCUT2D eigenvalue weighted by atomic mass is 16.7. The van der Waals surface area contributed by atoms with Crippen molar-refractivity contribution >= 4 is 11.0 Å². The van der Waals surface area contributed by atoms with Crippen molar-refractivity contribution in [3.63, 3.8) is 0 Å². The maximum atomic E-state index is 12.6. The van der Waals surface area contributed by atoms with Gasteiger partial charge in [0.05, 0.1) is 13.7 Å². The molecule has 0 spiro atoms. The highest BCUT2D eigenvalue weighted by molar-refractivity contribution is 5.86. The molecule has 10 nitrogen and oxygen atoms in total. The van der Waals surface area contributed by atoms with Crippen molar-refractivity contribution in [2.75, 3.05) is 20.8 Å². The van der Waals surface area contributed by atoms with Gasteiger partial charge >= 0.3 is 0 Å². The fourth-order valence-electron chi connectivity index (χ4n) is 3.78. The number of aliphatic hydroxyl groups is 3. The second-order valence-corrected chi connectivity index (χ2v) is 7.54. The van der Waals surface area contributed by atoms with Crippen LogP contribution < -0.4 is 14.9 Å². The summed E-state index contributed by atoms with van der Waals surface area (Å²) in [5.41, 5.74) is 0.201. The molecule has 176 valence electrons. The fourth-order valence-corrected chi connectivity index (χ4v) is 3.78. The Hall–Kier alpha value is -3.15. The molecule has 10 heteroatoms. The molecular weight excluding hydrogens is 436 g/mol. The lowest BCUT2D eigenvalue weighted by Gasteiger charge is -2.41. The maximum Gasteiger partial charge on any atom is 0.229 e. The van der Waals surface area contributed by atoms with Gasteiger partial charge in [0, 0.05) is 30.9 Å². The lowest BCUT2D eigenvalue weighted by molar-refractivity contribution is -0.281. The molecule has 4 N–H and O–H groups in total. The summed E-state index contributed by atoms with van der Waals surface area (Å²) in [6.45, 7) is -0.481. The Bertz CT molecular complexity index is 1170. The third-order valence-electron chi connectivity index (χ3n) is 5.50. The van der Waals surface area contributed by atoms with Gasteiger partial charge in [-0.1, -0.05) is 0 Å². The van der Waals surface area contributed by atoms with E-state index in [0.29, 0.717) is 11.3 Å². The number of aliphatic hydroxyl groups excluding tert-OH is 3. The summed E-state index contributed by atoms with van der Waals surface area (Å²) in [6.07, 6.45) is -6.18. The first-order valence-corrected chi connectivity index (χ1v) is 10.1. The van der Waals surface area contributed by atoms with E-state index in [2.05, 4.69) is 0 Å². The number of aromatic hydroxyl groups is 1. The molecule has 0 radical (unpaired) electrons. The first kappa shape index (κ1) is 23.0. The highest BCUT2D eigenvalue weighted by Gasteiger charge is 2.45. The fraction of sp³-hybridized carbons (Fsp3) is 0.348. The number of phenols is 1. The monoisotopic (exact) mass is 460 g/mol. The predicted molar refractivity (Wildman–Crippen MR) is 115 cm³/mol. The first-order chi connectivity index (χ1) is 15.9. The normalized spacial score (nSPS) is 25.2. The average molecular weight is 460 g/mol. The minimum absolute atomic E-state index is 0.0128. The van der Waals surface area contributed by atoms with Crippen LogP contribution in [-0.2, 0) is 9.47 Å². The van der Waals surface area contributed by atoms with Crippen LogP contribution >= 0.6 is 0 Å². The summed E-state index contributed by atoms with van der Waals surface area (Å²) in [5, 5.41) is 40.5. The van der Waals surface area contributed by atoms with E-state index in [1.54, 1.807) is 31.4 Å². The van der Waals surface area contributed by atoms with Crippen LogP contribution in [0.5, 0.6) is 17.2 Å². The molecule has 1 aliphatic rings. The van der Waals surface area contributed by atoms with E-state index < -0.39 is 48.5 Å². The number of fused-ring (bicyclic) bond motifs is 1. The largest absolute Gasteiger partial charge is 0.507 e. The van der Waals surface area contributed by atoms with E-state index in [4.69, 9.17) is 23.4 Å². The lowest BCUT2D eigenvalue weighted by Crippen LogP contribution is -2.60. The molecule has 3 aromatic rings. The van der Waals surface area contributed by atoms with E-state index in [1.807, 2.05) is 0 Å². The summed E-state index contributed by atoms with van der Waals surface area (Å²) in [5.74, 6) is 0.524. The van der Waals surface area contributed by atoms with Gasteiger partial charge in [0.1, 0.15) is 58.4 Å². The minimum atomic E-state index is -1.51. The molecule has 0 aliphatic carbocycles. The molecular formula is C23H24O10. The van der Waals surface area contributed by atoms with Crippen molar-refractivity contribution in [1.29, 1.82) is 0 Å². The van der Waals surface area contributed by atoms with Crippen LogP contribution in [0, 0.1) is 0 Å². The maximum absolute atomic E-state index is 12.6. The van der Waals surface area contributed by atoms with Crippen molar-refractivity contribution < 1.29 is 43.8 Å². The second-order valence-electron chi connectivity index (χ2n) is 7.54. The van der Waals surface area contributed by atoms with Gasteiger partial charge in [0.25, 0.3) is 0 Å². The van der Waals surface area contributed by atoms with Crippen LogP contribution in [0.1, 0.15) is 0 Å². The Morgan fingerprint density at radius 2 is 1.73 bits per heavy atom. The zero-order valence-electron chi connectivity index (χ0n) is 17.9. The molecule has 4 rings (SSSR count). The third-order valence-corrected chi connectivity index (χ3v) is 5.50. The molecule has 0 bridgehead atoms. The molecule has 5 atom stereocenters. The molecule has 1 aliphatic heterocycles. The van der Waals surface area contributed by atoms with Gasteiger partial charge in [-0.2, -0.15) is 0 Å². The molecule has 0 unspecified atom stereocenters.